The Morgan fingerprint density at radius 3 is 2.67 bits per heavy atom. The predicted molar refractivity (Wildman–Crippen MR) is 39.8 cm³/mol. The van der Waals surface area contributed by atoms with Crippen LogP contribution in [0.25, 0.3) is 0 Å². The van der Waals surface area contributed by atoms with Crippen molar-refractivity contribution < 1.29 is 4.52 Å². The van der Waals surface area contributed by atoms with Gasteiger partial charge in [-0.05, 0) is 11.6 Å². The van der Waals surface area contributed by atoms with E-state index in [-0.39, 0.29) is 0 Å². The Morgan fingerprint density at radius 1 is 1.44 bits per heavy atom. The second-order valence-electron chi connectivity index (χ2n) is 1.72. The summed E-state index contributed by atoms with van der Waals surface area (Å²) >= 11 is 0. The third kappa shape index (κ3) is 2.13. The standard InChI is InChI=1S/C7H8OP/c9-8-6-7-4-2-1-3-5-7/h2-5H,6,9H2. The fourth-order valence-corrected chi connectivity index (χ4v) is 0.806. The van der Waals surface area contributed by atoms with Crippen LogP contribution in [0.5, 0.6) is 0 Å². The quantitative estimate of drug-likeness (QED) is 0.567. The van der Waals surface area contributed by atoms with Crippen molar-refractivity contribution in [3.8, 4) is 0 Å². The third-order valence-corrected chi connectivity index (χ3v) is 1.20. The summed E-state index contributed by atoms with van der Waals surface area (Å²) in [6, 6.07) is 10.6. The maximum atomic E-state index is 4.83. The normalized spacial score (nSPS) is 9.44. The Morgan fingerprint density at radius 2 is 2.11 bits per heavy atom. The molecule has 0 aliphatic rings. The van der Waals surface area contributed by atoms with Gasteiger partial charge in [-0.2, -0.15) is 0 Å². The SMILES string of the molecule is POCc1cc[c]cc1. The summed E-state index contributed by atoms with van der Waals surface area (Å²) in [5.41, 5.74) is 1.17. The highest BCUT2D eigenvalue weighted by Gasteiger charge is 1.85. The molecule has 1 atom stereocenters. The molecule has 1 nitrogen and oxygen atoms in total. The van der Waals surface area contributed by atoms with Crippen LogP contribution in [0.2, 0.25) is 0 Å². The Kier molecular flexibility index (Phi) is 2.69. The molecule has 0 spiro atoms. The highest BCUT2D eigenvalue weighted by Crippen LogP contribution is 2.01. The molecule has 0 N–H and O–H groups in total. The molecular weight excluding hydrogens is 131 g/mol. The van der Waals surface area contributed by atoms with E-state index in [1.165, 1.54) is 5.56 Å². The Hall–Kier alpha value is -0.390. The van der Waals surface area contributed by atoms with Crippen molar-refractivity contribution in [2.75, 3.05) is 0 Å². The Balaban J connectivity index is 2.61. The van der Waals surface area contributed by atoms with Crippen LogP contribution in [0.1, 0.15) is 5.56 Å². The Labute approximate surface area is 57.3 Å². The summed E-state index contributed by atoms with van der Waals surface area (Å²) in [4.78, 5) is 0. The van der Waals surface area contributed by atoms with Gasteiger partial charge in [-0.15, -0.1) is 0 Å². The number of benzene rings is 1. The van der Waals surface area contributed by atoms with Crippen molar-refractivity contribution in [1.29, 1.82) is 0 Å². The molecule has 9 heavy (non-hydrogen) atoms. The van der Waals surface area contributed by atoms with E-state index < -0.39 is 0 Å². The molecule has 0 aromatic heterocycles. The van der Waals surface area contributed by atoms with E-state index in [9.17, 15) is 0 Å². The predicted octanol–water partition coefficient (Wildman–Crippen LogP) is 1.79. The molecule has 1 aromatic carbocycles. The van der Waals surface area contributed by atoms with E-state index in [2.05, 4.69) is 15.5 Å². The van der Waals surface area contributed by atoms with Crippen molar-refractivity contribution in [2.24, 2.45) is 0 Å². The lowest BCUT2D eigenvalue weighted by Gasteiger charge is -1.94. The van der Waals surface area contributed by atoms with Gasteiger partial charge in [-0.3, -0.25) is 0 Å². The van der Waals surface area contributed by atoms with Crippen molar-refractivity contribution in [3.05, 3.63) is 35.9 Å². The van der Waals surface area contributed by atoms with Gasteiger partial charge in [-0.1, -0.05) is 24.3 Å². The smallest absolute Gasteiger partial charge is 0.0752 e. The fraction of sp³-hybridized carbons (Fsp3) is 0.143. The topological polar surface area (TPSA) is 9.23 Å². The summed E-state index contributed by atoms with van der Waals surface area (Å²) in [6.07, 6.45) is 0. The van der Waals surface area contributed by atoms with Crippen molar-refractivity contribution in [2.45, 2.75) is 6.61 Å². The van der Waals surface area contributed by atoms with Gasteiger partial charge in [0.25, 0.3) is 0 Å². The highest BCUT2D eigenvalue weighted by molar-refractivity contribution is 7.09. The monoisotopic (exact) mass is 139 g/mol. The lowest BCUT2D eigenvalue weighted by Crippen LogP contribution is -1.80. The first-order chi connectivity index (χ1) is 4.43. The molecule has 2 heteroatoms. The molecule has 1 rings (SSSR count). The van der Waals surface area contributed by atoms with Crippen molar-refractivity contribution in [1.82, 2.24) is 0 Å². The lowest BCUT2D eigenvalue weighted by molar-refractivity contribution is 0.362. The van der Waals surface area contributed by atoms with Crippen LogP contribution in [0.3, 0.4) is 0 Å². The van der Waals surface area contributed by atoms with Crippen LogP contribution in [-0.2, 0) is 11.1 Å². The largest absolute Gasteiger partial charge is 0.361 e. The number of hydrogen-bond donors (Lipinski definition) is 0. The number of rotatable bonds is 2. The average Bonchev–Trinajstić information content (AvgIpc) is 1.91. The van der Waals surface area contributed by atoms with Crippen LogP contribution in [0.15, 0.2) is 24.3 Å². The maximum Gasteiger partial charge on any atom is 0.0752 e. The van der Waals surface area contributed by atoms with Gasteiger partial charge in [0.2, 0.25) is 0 Å². The minimum absolute atomic E-state index is 0.652. The van der Waals surface area contributed by atoms with Crippen LogP contribution < -0.4 is 0 Å². The van der Waals surface area contributed by atoms with Crippen LogP contribution >= 0.6 is 9.47 Å². The highest BCUT2D eigenvalue weighted by atomic mass is 31.0. The van der Waals surface area contributed by atoms with E-state index in [1.54, 1.807) is 0 Å². The molecule has 0 aliphatic heterocycles. The molecule has 47 valence electrons. The van der Waals surface area contributed by atoms with E-state index in [0.29, 0.717) is 6.61 Å². The fourth-order valence-electron chi connectivity index (χ4n) is 0.614. The van der Waals surface area contributed by atoms with E-state index in [0.717, 1.165) is 0 Å². The summed E-state index contributed by atoms with van der Waals surface area (Å²) in [5.74, 6) is 0. The van der Waals surface area contributed by atoms with E-state index in [1.807, 2.05) is 24.3 Å². The van der Waals surface area contributed by atoms with Crippen LogP contribution in [0.4, 0.5) is 0 Å². The zero-order valence-corrected chi connectivity index (χ0v) is 6.16. The van der Waals surface area contributed by atoms with Gasteiger partial charge in [0.1, 0.15) is 0 Å². The van der Waals surface area contributed by atoms with Crippen LogP contribution in [-0.4, -0.2) is 0 Å². The molecule has 1 radical (unpaired) electrons. The first kappa shape index (κ1) is 6.73. The molecule has 0 saturated heterocycles. The lowest BCUT2D eigenvalue weighted by atomic mass is 10.2. The zero-order valence-electron chi connectivity index (χ0n) is 5.00. The van der Waals surface area contributed by atoms with Gasteiger partial charge >= 0.3 is 0 Å². The van der Waals surface area contributed by atoms with Gasteiger partial charge < -0.3 is 4.52 Å². The maximum absolute atomic E-state index is 4.83. The van der Waals surface area contributed by atoms with Crippen molar-refractivity contribution >= 4 is 9.47 Å². The van der Waals surface area contributed by atoms with Crippen LogP contribution in [0, 0.1) is 6.07 Å². The minimum atomic E-state index is 0.652. The Bertz CT molecular complexity index is 162. The second-order valence-corrected chi connectivity index (χ2v) is 2.05. The molecule has 0 bridgehead atoms. The second kappa shape index (κ2) is 3.60. The zero-order chi connectivity index (χ0) is 6.53. The third-order valence-electron chi connectivity index (χ3n) is 1.04. The summed E-state index contributed by atoms with van der Waals surface area (Å²) in [5, 5.41) is 0. The van der Waals surface area contributed by atoms with Gasteiger partial charge in [0.05, 0.1) is 6.61 Å². The molecule has 0 heterocycles. The number of hydrogen-bond acceptors (Lipinski definition) is 1. The molecule has 0 fully saturated rings. The van der Waals surface area contributed by atoms with E-state index in [4.69, 9.17) is 4.52 Å². The van der Waals surface area contributed by atoms with Gasteiger partial charge in [0, 0.05) is 9.47 Å². The van der Waals surface area contributed by atoms with Gasteiger partial charge in [0.15, 0.2) is 0 Å². The molecule has 0 saturated carbocycles. The summed E-state index contributed by atoms with van der Waals surface area (Å²) < 4.78 is 4.83. The molecular formula is C7H8OP. The summed E-state index contributed by atoms with van der Waals surface area (Å²) in [6.45, 7) is 0.652. The molecule has 0 amide bonds. The first-order valence-corrected chi connectivity index (χ1v) is 3.17. The molecule has 1 unspecified atom stereocenters. The average molecular weight is 139 g/mol. The molecule has 1 aromatic rings. The van der Waals surface area contributed by atoms with Crippen molar-refractivity contribution in [3.63, 3.8) is 0 Å². The van der Waals surface area contributed by atoms with Gasteiger partial charge in [-0.25, -0.2) is 0 Å². The molecule has 0 aliphatic carbocycles. The summed E-state index contributed by atoms with van der Waals surface area (Å²) in [7, 11) is 2.22. The first-order valence-electron chi connectivity index (χ1n) is 2.70. The van der Waals surface area contributed by atoms with E-state index >= 15 is 0 Å². The minimum Gasteiger partial charge on any atom is -0.361 e.